The van der Waals surface area contributed by atoms with Crippen molar-refractivity contribution in [3.8, 4) is 17.6 Å². The molecule has 0 radical (unpaired) electrons. The normalized spacial score (nSPS) is 10.8. The van der Waals surface area contributed by atoms with Gasteiger partial charge in [-0.3, -0.25) is 4.79 Å². The summed E-state index contributed by atoms with van der Waals surface area (Å²) in [5.41, 5.74) is 5.39. The van der Waals surface area contributed by atoms with Crippen molar-refractivity contribution in [3.05, 3.63) is 27.7 Å². The Kier molecular flexibility index (Phi) is 4.75. The molecule has 0 aliphatic rings. The van der Waals surface area contributed by atoms with E-state index in [0.29, 0.717) is 16.6 Å². The number of rotatable bonds is 4. The van der Waals surface area contributed by atoms with Crippen molar-refractivity contribution in [2.75, 3.05) is 6.61 Å². The van der Waals surface area contributed by atoms with Crippen LogP contribution in [0.5, 0.6) is 11.5 Å². The Morgan fingerprint density at radius 3 is 2.83 bits per heavy atom. The monoisotopic (exact) mass is 310 g/mol. The first-order valence-corrected chi connectivity index (χ1v) is 5.85. The predicted molar refractivity (Wildman–Crippen MR) is 69.8 cm³/mol. The van der Waals surface area contributed by atoms with E-state index in [-0.39, 0.29) is 17.1 Å². The van der Waals surface area contributed by atoms with Crippen LogP contribution in [0.15, 0.2) is 22.2 Å². The molecule has 0 heterocycles. The number of phenols is 1. The van der Waals surface area contributed by atoms with E-state index in [0.717, 1.165) is 0 Å². The predicted octanol–water partition coefficient (Wildman–Crippen LogP) is 1.95. The number of hydrogen-bond donors (Lipinski definition) is 2. The Balaban J connectivity index is 3.27. The van der Waals surface area contributed by atoms with Gasteiger partial charge >= 0.3 is 0 Å². The maximum absolute atomic E-state index is 10.9. The zero-order valence-electron chi connectivity index (χ0n) is 9.61. The van der Waals surface area contributed by atoms with Crippen LogP contribution in [0.2, 0.25) is 0 Å². The molecule has 1 rings (SSSR count). The lowest BCUT2D eigenvalue weighted by Gasteiger charge is -2.08. The van der Waals surface area contributed by atoms with Crippen LogP contribution in [0.3, 0.4) is 0 Å². The number of nitrogens with two attached hydrogens (primary N) is 1. The Bertz CT molecular complexity index is 547. The molecule has 94 valence electrons. The number of aromatic hydroxyl groups is 1. The highest BCUT2D eigenvalue weighted by Gasteiger charge is 2.10. The molecule has 1 amide bonds. The smallest absolute Gasteiger partial charge is 0.259 e. The lowest BCUT2D eigenvalue weighted by molar-refractivity contribution is -0.114. The first-order valence-electron chi connectivity index (χ1n) is 5.06. The molecule has 0 aliphatic carbocycles. The van der Waals surface area contributed by atoms with Crippen molar-refractivity contribution >= 4 is 27.9 Å². The summed E-state index contributed by atoms with van der Waals surface area (Å²) >= 11 is 3.16. The molecule has 0 spiro atoms. The van der Waals surface area contributed by atoms with Crippen LogP contribution in [0.1, 0.15) is 12.5 Å². The third-order valence-corrected chi connectivity index (χ3v) is 2.65. The van der Waals surface area contributed by atoms with Crippen LogP contribution < -0.4 is 10.5 Å². The Labute approximate surface area is 113 Å². The van der Waals surface area contributed by atoms with E-state index in [1.807, 2.05) is 0 Å². The van der Waals surface area contributed by atoms with E-state index in [9.17, 15) is 9.90 Å². The average Bonchev–Trinajstić information content (AvgIpc) is 2.32. The summed E-state index contributed by atoms with van der Waals surface area (Å²) < 4.78 is 5.63. The summed E-state index contributed by atoms with van der Waals surface area (Å²) in [4.78, 5) is 10.9. The zero-order chi connectivity index (χ0) is 13.7. The summed E-state index contributed by atoms with van der Waals surface area (Å²) in [5, 5.41) is 18.4. The summed E-state index contributed by atoms with van der Waals surface area (Å²) in [6, 6.07) is 4.77. The highest BCUT2D eigenvalue weighted by atomic mass is 79.9. The van der Waals surface area contributed by atoms with Gasteiger partial charge in [0.15, 0.2) is 11.5 Å². The summed E-state index contributed by atoms with van der Waals surface area (Å²) in [5.74, 6) is -0.578. The van der Waals surface area contributed by atoms with Crippen LogP contribution in [0.25, 0.3) is 6.08 Å². The fraction of sp³-hybridized carbons (Fsp3) is 0.167. The van der Waals surface area contributed by atoms with Crippen molar-refractivity contribution in [3.63, 3.8) is 0 Å². The topological polar surface area (TPSA) is 96.3 Å². The molecular formula is C12H11BrN2O3. The second kappa shape index (κ2) is 6.07. The fourth-order valence-corrected chi connectivity index (χ4v) is 1.73. The van der Waals surface area contributed by atoms with Crippen LogP contribution in [0.4, 0.5) is 0 Å². The number of phenolic OH excluding ortho intramolecular Hbond substituents is 1. The standard InChI is InChI=1S/C12H11BrN2O3/c1-2-18-10-5-7(4-9(13)11(10)16)3-8(6-14)12(15)17/h3-5,16H,2H2,1H3,(H2,15,17)/b8-3+. The third kappa shape index (κ3) is 3.25. The molecule has 0 saturated carbocycles. The highest BCUT2D eigenvalue weighted by molar-refractivity contribution is 9.10. The number of primary amides is 1. The van der Waals surface area contributed by atoms with Gasteiger partial charge in [-0.05, 0) is 46.6 Å². The number of hydrogen-bond acceptors (Lipinski definition) is 4. The molecule has 6 heteroatoms. The lowest BCUT2D eigenvalue weighted by atomic mass is 10.1. The van der Waals surface area contributed by atoms with Gasteiger partial charge in [0.1, 0.15) is 11.6 Å². The number of nitriles is 1. The number of benzene rings is 1. The minimum Gasteiger partial charge on any atom is -0.503 e. The SMILES string of the molecule is CCOc1cc(/C=C(\C#N)C(N)=O)cc(Br)c1O. The van der Waals surface area contributed by atoms with Gasteiger partial charge in [0.05, 0.1) is 11.1 Å². The third-order valence-electron chi connectivity index (χ3n) is 2.05. The van der Waals surface area contributed by atoms with E-state index in [2.05, 4.69) is 15.9 Å². The largest absolute Gasteiger partial charge is 0.503 e. The van der Waals surface area contributed by atoms with E-state index >= 15 is 0 Å². The van der Waals surface area contributed by atoms with Gasteiger partial charge in [-0.1, -0.05) is 0 Å². The molecule has 0 aromatic heterocycles. The average molecular weight is 311 g/mol. The van der Waals surface area contributed by atoms with Crippen LogP contribution in [-0.4, -0.2) is 17.6 Å². The van der Waals surface area contributed by atoms with Crippen molar-refractivity contribution in [1.29, 1.82) is 5.26 Å². The molecule has 3 N–H and O–H groups in total. The Morgan fingerprint density at radius 2 is 2.33 bits per heavy atom. The molecule has 1 aromatic rings. The minimum atomic E-state index is -0.806. The molecular weight excluding hydrogens is 300 g/mol. The molecule has 0 saturated heterocycles. The zero-order valence-corrected chi connectivity index (χ0v) is 11.2. The first-order chi connectivity index (χ1) is 8.49. The van der Waals surface area contributed by atoms with E-state index in [1.54, 1.807) is 19.1 Å². The lowest BCUT2D eigenvalue weighted by Crippen LogP contribution is -2.12. The van der Waals surface area contributed by atoms with Gasteiger partial charge in [-0.2, -0.15) is 5.26 Å². The minimum absolute atomic E-state index is 0.0356. The molecule has 0 fully saturated rings. The van der Waals surface area contributed by atoms with E-state index in [1.165, 1.54) is 12.1 Å². The van der Waals surface area contributed by atoms with E-state index in [4.69, 9.17) is 15.7 Å². The maximum Gasteiger partial charge on any atom is 0.259 e. The Hall–Kier alpha value is -2.00. The molecule has 0 aliphatic heterocycles. The van der Waals surface area contributed by atoms with Crippen LogP contribution in [-0.2, 0) is 4.79 Å². The number of ether oxygens (including phenoxy) is 1. The van der Waals surface area contributed by atoms with Crippen molar-refractivity contribution in [2.45, 2.75) is 6.92 Å². The molecule has 0 unspecified atom stereocenters. The van der Waals surface area contributed by atoms with Crippen molar-refractivity contribution in [2.24, 2.45) is 5.73 Å². The molecule has 0 atom stereocenters. The molecule has 5 nitrogen and oxygen atoms in total. The quantitative estimate of drug-likeness (QED) is 0.656. The van der Waals surface area contributed by atoms with Gasteiger partial charge in [0.2, 0.25) is 0 Å². The number of halogens is 1. The fourth-order valence-electron chi connectivity index (χ4n) is 1.27. The van der Waals surface area contributed by atoms with Gasteiger partial charge in [0, 0.05) is 0 Å². The number of nitrogens with zero attached hydrogens (tertiary/aromatic N) is 1. The number of amides is 1. The second-order valence-electron chi connectivity index (χ2n) is 3.32. The first kappa shape index (κ1) is 14.1. The van der Waals surface area contributed by atoms with Gasteiger partial charge in [-0.25, -0.2) is 0 Å². The molecule has 18 heavy (non-hydrogen) atoms. The van der Waals surface area contributed by atoms with Crippen molar-refractivity contribution < 1.29 is 14.6 Å². The highest BCUT2D eigenvalue weighted by Crippen LogP contribution is 2.36. The summed E-state index contributed by atoms with van der Waals surface area (Å²) in [6.45, 7) is 2.16. The van der Waals surface area contributed by atoms with Gasteiger partial charge in [0.25, 0.3) is 5.91 Å². The number of carbonyl (C=O) groups is 1. The maximum atomic E-state index is 10.9. The summed E-state index contributed by atoms with van der Waals surface area (Å²) in [7, 11) is 0. The molecule has 1 aromatic carbocycles. The molecule has 0 bridgehead atoms. The van der Waals surface area contributed by atoms with Crippen LogP contribution in [0, 0.1) is 11.3 Å². The number of carbonyl (C=O) groups excluding carboxylic acids is 1. The van der Waals surface area contributed by atoms with Crippen LogP contribution >= 0.6 is 15.9 Å². The van der Waals surface area contributed by atoms with E-state index < -0.39 is 5.91 Å². The van der Waals surface area contributed by atoms with Crippen molar-refractivity contribution in [1.82, 2.24) is 0 Å². The van der Waals surface area contributed by atoms with Gasteiger partial charge < -0.3 is 15.6 Å². The second-order valence-corrected chi connectivity index (χ2v) is 4.17. The summed E-state index contributed by atoms with van der Waals surface area (Å²) in [6.07, 6.45) is 1.33. The van der Waals surface area contributed by atoms with Gasteiger partial charge in [-0.15, -0.1) is 0 Å². The Morgan fingerprint density at radius 1 is 1.67 bits per heavy atom.